The van der Waals surface area contributed by atoms with Gasteiger partial charge in [0.15, 0.2) is 0 Å². The van der Waals surface area contributed by atoms with Gasteiger partial charge in [-0.1, -0.05) is 6.92 Å². The van der Waals surface area contributed by atoms with E-state index in [0.717, 1.165) is 64.3 Å². The maximum absolute atomic E-state index is 13.6. The van der Waals surface area contributed by atoms with Gasteiger partial charge in [0.2, 0.25) is 0 Å². The number of fused-ring (bicyclic) bond motifs is 2. The number of anilines is 1. The van der Waals surface area contributed by atoms with Gasteiger partial charge < -0.3 is 10.1 Å². The number of aryl methyl sites for hydroxylation is 2. The minimum atomic E-state index is -4.45. The van der Waals surface area contributed by atoms with Crippen LogP contribution < -0.4 is 10.6 Å². The van der Waals surface area contributed by atoms with E-state index in [0.29, 0.717) is 23.4 Å². The van der Waals surface area contributed by atoms with Crippen LogP contribution in [-0.2, 0) is 36.7 Å². The second kappa shape index (κ2) is 9.66. The van der Waals surface area contributed by atoms with Crippen molar-refractivity contribution in [3.63, 3.8) is 0 Å². The van der Waals surface area contributed by atoms with Gasteiger partial charge in [-0.2, -0.15) is 13.2 Å². The maximum Gasteiger partial charge on any atom is 0.425 e. The number of carbonyl (C=O) groups excluding carboxylic acids is 2. The van der Waals surface area contributed by atoms with Crippen LogP contribution in [0.25, 0.3) is 0 Å². The predicted molar refractivity (Wildman–Crippen MR) is 123 cm³/mol. The lowest BCUT2D eigenvalue weighted by Crippen LogP contribution is -2.29. The zero-order valence-electron chi connectivity index (χ0n) is 18.6. The quantitative estimate of drug-likeness (QED) is 0.452. The minimum absolute atomic E-state index is 0.169. The van der Waals surface area contributed by atoms with E-state index in [1.807, 2.05) is 0 Å². The van der Waals surface area contributed by atoms with E-state index in [9.17, 15) is 22.8 Å². The second-order valence-electron chi connectivity index (χ2n) is 8.48. The van der Waals surface area contributed by atoms with Crippen LogP contribution in [0.1, 0.15) is 87.1 Å². The van der Waals surface area contributed by atoms with Gasteiger partial charge in [0.05, 0.1) is 12.2 Å². The number of rotatable bonds is 5. The van der Waals surface area contributed by atoms with Crippen molar-refractivity contribution in [3.8, 4) is 0 Å². The third-order valence-corrected chi connectivity index (χ3v) is 8.79. The Hall–Kier alpha value is -2.07. The smallest absolute Gasteiger partial charge is 0.425 e. The van der Waals surface area contributed by atoms with E-state index in [1.54, 1.807) is 6.92 Å². The zero-order valence-corrected chi connectivity index (χ0v) is 20.2. The highest BCUT2D eigenvalue weighted by atomic mass is 32.1. The number of hydrogen-bond donors (Lipinski definition) is 2. The Kier molecular flexibility index (Phi) is 7.04. The molecule has 5 nitrogen and oxygen atoms in total. The SMILES string of the molecule is CCOC(=O)c1c(NC(=O)NCc2c(C(F)(F)F)sc3c2CCCC3)sc2c1C(C)CCC2. The predicted octanol–water partition coefficient (Wildman–Crippen LogP) is 6.65. The molecule has 0 aromatic carbocycles. The average Bonchev–Trinajstić information content (AvgIpc) is 3.31. The third kappa shape index (κ3) is 4.91. The van der Waals surface area contributed by atoms with Crippen molar-refractivity contribution in [1.82, 2.24) is 5.32 Å². The Balaban J connectivity index is 1.55. The summed E-state index contributed by atoms with van der Waals surface area (Å²) < 4.78 is 46.1. The molecule has 33 heavy (non-hydrogen) atoms. The molecule has 0 radical (unpaired) electrons. The molecule has 2 amide bonds. The fraction of sp³-hybridized carbons (Fsp3) is 0.565. The van der Waals surface area contributed by atoms with Crippen LogP contribution in [0.2, 0.25) is 0 Å². The summed E-state index contributed by atoms with van der Waals surface area (Å²) in [5.41, 5.74) is 2.20. The number of thiophene rings is 2. The molecule has 0 aliphatic heterocycles. The number of hydrogen-bond acceptors (Lipinski definition) is 5. The monoisotopic (exact) mass is 500 g/mol. The van der Waals surface area contributed by atoms with Crippen LogP contribution in [0, 0.1) is 0 Å². The Morgan fingerprint density at radius 3 is 2.55 bits per heavy atom. The van der Waals surface area contributed by atoms with E-state index in [1.165, 1.54) is 11.3 Å². The lowest BCUT2D eigenvalue weighted by atomic mass is 9.86. The molecule has 2 N–H and O–H groups in total. The van der Waals surface area contributed by atoms with Crippen LogP contribution in [0.4, 0.5) is 23.0 Å². The number of alkyl halides is 3. The molecule has 2 aliphatic carbocycles. The normalized spacial score (nSPS) is 17.8. The van der Waals surface area contributed by atoms with Gasteiger partial charge in [0.1, 0.15) is 9.88 Å². The van der Waals surface area contributed by atoms with E-state index >= 15 is 0 Å². The van der Waals surface area contributed by atoms with Gasteiger partial charge in [-0.05, 0) is 74.5 Å². The van der Waals surface area contributed by atoms with E-state index < -0.39 is 23.1 Å². The van der Waals surface area contributed by atoms with Gasteiger partial charge in [-0.15, -0.1) is 22.7 Å². The molecule has 0 bridgehead atoms. The lowest BCUT2D eigenvalue weighted by Gasteiger charge is -2.19. The molecule has 1 atom stereocenters. The summed E-state index contributed by atoms with van der Waals surface area (Å²) in [6.07, 6.45) is 1.32. The molecule has 0 spiro atoms. The maximum atomic E-state index is 13.6. The highest BCUT2D eigenvalue weighted by Gasteiger charge is 2.38. The van der Waals surface area contributed by atoms with Crippen molar-refractivity contribution in [2.45, 2.75) is 77.4 Å². The molecule has 0 fully saturated rings. The van der Waals surface area contributed by atoms with Crippen LogP contribution in [0.15, 0.2) is 0 Å². The number of carbonyl (C=O) groups is 2. The highest BCUT2D eigenvalue weighted by Crippen LogP contribution is 2.45. The molecule has 1 unspecified atom stereocenters. The lowest BCUT2D eigenvalue weighted by molar-refractivity contribution is -0.135. The topological polar surface area (TPSA) is 67.4 Å². The first-order valence-electron chi connectivity index (χ1n) is 11.3. The summed E-state index contributed by atoms with van der Waals surface area (Å²) in [5.74, 6) is -0.306. The first-order valence-corrected chi connectivity index (χ1v) is 12.9. The van der Waals surface area contributed by atoms with Gasteiger partial charge in [-0.3, -0.25) is 5.32 Å². The Bertz CT molecular complexity index is 1060. The van der Waals surface area contributed by atoms with Crippen molar-refractivity contribution in [2.24, 2.45) is 0 Å². The molecule has 0 saturated heterocycles. The number of halogens is 3. The molecule has 10 heteroatoms. The van der Waals surface area contributed by atoms with Gasteiger partial charge >= 0.3 is 18.2 Å². The van der Waals surface area contributed by atoms with Crippen LogP contribution in [0.5, 0.6) is 0 Å². The third-order valence-electron chi connectivity index (χ3n) is 6.23. The molecule has 4 rings (SSSR count). The zero-order chi connectivity index (χ0) is 23.8. The number of nitrogens with one attached hydrogen (secondary N) is 2. The summed E-state index contributed by atoms with van der Waals surface area (Å²) in [5, 5.41) is 5.71. The molecule has 0 saturated carbocycles. The van der Waals surface area contributed by atoms with E-state index in [4.69, 9.17) is 4.74 Å². The molecule has 2 aliphatic rings. The van der Waals surface area contributed by atoms with E-state index in [2.05, 4.69) is 17.6 Å². The number of esters is 1. The largest absolute Gasteiger partial charge is 0.462 e. The van der Waals surface area contributed by atoms with Gasteiger partial charge in [-0.25, -0.2) is 9.59 Å². The van der Waals surface area contributed by atoms with Crippen molar-refractivity contribution < 1.29 is 27.5 Å². The van der Waals surface area contributed by atoms with Gasteiger partial charge in [0.25, 0.3) is 0 Å². The van der Waals surface area contributed by atoms with E-state index in [-0.39, 0.29) is 24.6 Å². The van der Waals surface area contributed by atoms with Gasteiger partial charge in [0, 0.05) is 16.3 Å². The average molecular weight is 501 g/mol. The molecule has 2 heterocycles. The fourth-order valence-corrected chi connectivity index (χ4v) is 7.39. The van der Waals surface area contributed by atoms with Crippen molar-refractivity contribution >= 4 is 39.7 Å². The van der Waals surface area contributed by atoms with Crippen molar-refractivity contribution in [2.75, 3.05) is 11.9 Å². The number of urea groups is 1. The standard InChI is InChI=1S/C23H27F3N2O3S2/c1-3-31-21(29)18-17-12(2)7-6-10-16(17)33-20(18)28-22(30)27-11-14-13-8-4-5-9-15(13)32-19(14)23(24,25)26/h12H,3-11H2,1-2H3,(H2,27,28,30). The Labute approximate surface area is 198 Å². The van der Waals surface area contributed by atoms with Crippen LogP contribution in [-0.4, -0.2) is 18.6 Å². The molecular weight excluding hydrogens is 473 g/mol. The fourth-order valence-electron chi connectivity index (χ4n) is 4.77. The summed E-state index contributed by atoms with van der Waals surface area (Å²) in [6, 6.07) is -0.629. The highest BCUT2D eigenvalue weighted by molar-refractivity contribution is 7.17. The summed E-state index contributed by atoms with van der Waals surface area (Å²) in [4.78, 5) is 26.6. The summed E-state index contributed by atoms with van der Waals surface area (Å²) >= 11 is 2.15. The van der Waals surface area contributed by atoms with Crippen molar-refractivity contribution in [1.29, 1.82) is 0 Å². The number of ether oxygens (including phenoxy) is 1. The minimum Gasteiger partial charge on any atom is -0.462 e. The summed E-state index contributed by atoms with van der Waals surface area (Å²) in [6.45, 7) is 3.78. The second-order valence-corrected chi connectivity index (χ2v) is 10.7. The Morgan fingerprint density at radius 1 is 1.09 bits per heavy atom. The first-order chi connectivity index (χ1) is 15.7. The summed E-state index contributed by atoms with van der Waals surface area (Å²) in [7, 11) is 0. The van der Waals surface area contributed by atoms with Crippen molar-refractivity contribution in [3.05, 3.63) is 36.9 Å². The number of amides is 2. The molecule has 180 valence electrons. The molecule has 2 aromatic rings. The first kappa shape index (κ1) is 24.1. The van der Waals surface area contributed by atoms with Crippen LogP contribution >= 0.6 is 22.7 Å². The Morgan fingerprint density at radius 2 is 1.82 bits per heavy atom. The molecule has 2 aromatic heterocycles. The van der Waals surface area contributed by atoms with Crippen LogP contribution in [0.3, 0.4) is 0 Å². The molecular formula is C23H27F3N2O3S2.